The van der Waals surface area contributed by atoms with Crippen LogP contribution in [0.15, 0.2) is 0 Å². The summed E-state index contributed by atoms with van der Waals surface area (Å²) in [6, 6.07) is 0.722. The van der Waals surface area contributed by atoms with Gasteiger partial charge in [0.1, 0.15) is 0 Å². The fourth-order valence-corrected chi connectivity index (χ4v) is 2.36. The lowest BCUT2D eigenvalue weighted by molar-refractivity contribution is 0.217. The highest BCUT2D eigenvalue weighted by atomic mass is 15.1. The number of hydrogen-bond acceptors (Lipinski definition) is 1. The van der Waals surface area contributed by atoms with E-state index in [1.54, 1.807) is 0 Å². The molecule has 0 N–H and O–H groups in total. The molecule has 0 heterocycles. The Balaban J connectivity index is 3.30. The van der Waals surface area contributed by atoms with Crippen LogP contribution in [-0.2, 0) is 0 Å². The minimum atomic E-state index is 0.722. The molecule has 0 amide bonds. The van der Waals surface area contributed by atoms with Crippen molar-refractivity contribution in [1.29, 1.82) is 0 Å². The second kappa shape index (κ2) is 12.4. The fourth-order valence-electron chi connectivity index (χ4n) is 2.36. The van der Waals surface area contributed by atoms with E-state index in [1.807, 2.05) is 0 Å². The Morgan fingerprint density at radius 2 is 1.18 bits per heavy atom. The quantitative estimate of drug-likeness (QED) is 0.422. The Bertz CT molecular complexity index is 142. The Morgan fingerprint density at radius 1 is 0.647 bits per heavy atom. The van der Waals surface area contributed by atoms with Crippen LogP contribution in [0.1, 0.15) is 85.5 Å². The summed E-state index contributed by atoms with van der Waals surface area (Å²) in [5, 5.41) is 0. The van der Waals surface area contributed by atoms with Gasteiger partial charge in [-0.15, -0.1) is 0 Å². The first-order valence-corrected chi connectivity index (χ1v) is 7.96. The van der Waals surface area contributed by atoms with Crippen molar-refractivity contribution in [2.24, 2.45) is 0 Å². The highest BCUT2D eigenvalue weighted by molar-refractivity contribution is 4.62. The van der Waals surface area contributed by atoms with Gasteiger partial charge in [-0.05, 0) is 39.8 Å². The molecule has 0 atom stereocenters. The zero-order valence-corrected chi connectivity index (χ0v) is 12.8. The highest BCUT2D eigenvalue weighted by Gasteiger charge is 2.06. The highest BCUT2D eigenvalue weighted by Crippen LogP contribution is 2.10. The van der Waals surface area contributed by atoms with E-state index in [2.05, 4.69) is 32.6 Å². The second-order valence-electron chi connectivity index (χ2n) is 5.60. The lowest BCUT2D eigenvalue weighted by atomic mass is 10.1. The summed E-state index contributed by atoms with van der Waals surface area (Å²) >= 11 is 0. The van der Waals surface area contributed by atoms with Crippen molar-refractivity contribution in [2.45, 2.75) is 91.5 Å². The van der Waals surface area contributed by atoms with Crippen LogP contribution in [0.5, 0.6) is 0 Å². The van der Waals surface area contributed by atoms with Crippen molar-refractivity contribution in [3.8, 4) is 0 Å². The summed E-state index contributed by atoms with van der Waals surface area (Å²) in [5.74, 6) is 0. The molecular weight excluding hydrogens is 206 g/mol. The molecule has 0 bridgehead atoms. The van der Waals surface area contributed by atoms with Crippen molar-refractivity contribution in [2.75, 3.05) is 13.1 Å². The molecule has 0 aliphatic rings. The van der Waals surface area contributed by atoms with Crippen LogP contribution in [-0.4, -0.2) is 24.0 Å². The van der Waals surface area contributed by atoms with Crippen LogP contribution in [0.4, 0.5) is 0 Å². The Labute approximate surface area is 110 Å². The smallest absolute Gasteiger partial charge is 0.00385 e. The first-order valence-electron chi connectivity index (χ1n) is 7.96. The number of hydrogen-bond donors (Lipinski definition) is 0. The van der Waals surface area contributed by atoms with Crippen molar-refractivity contribution in [3.05, 3.63) is 0 Å². The van der Waals surface area contributed by atoms with E-state index in [0.29, 0.717) is 0 Å². The van der Waals surface area contributed by atoms with E-state index in [1.165, 1.54) is 70.9 Å². The minimum absolute atomic E-state index is 0.722. The minimum Gasteiger partial charge on any atom is -0.301 e. The van der Waals surface area contributed by atoms with Gasteiger partial charge in [-0.25, -0.2) is 0 Å². The molecule has 104 valence electrons. The van der Waals surface area contributed by atoms with Crippen LogP contribution in [0.2, 0.25) is 0 Å². The average Bonchev–Trinajstić information content (AvgIpc) is 2.31. The third kappa shape index (κ3) is 10.8. The molecule has 0 aliphatic heterocycles. The van der Waals surface area contributed by atoms with E-state index in [0.717, 1.165) is 6.04 Å². The molecule has 0 saturated heterocycles. The van der Waals surface area contributed by atoms with Gasteiger partial charge in [0.15, 0.2) is 0 Å². The molecule has 0 aromatic carbocycles. The van der Waals surface area contributed by atoms with Crippen LogP contribution >= 0.6 is 0 Å². The summed E-state index contributed by atoms with van der Waals surface area (Å²) in [6.45, 7) is 11.8. The Kier molecular flexibility index (Phi) is 12.4. The van der Waals surface area contributed by atoms with Gasteiger partial charge in [-0.2, -0.15) is 0 Å². The maximum Gasteiger partial charge on any atom is 0.00385 e. The number of unbranched alkanes of at least 4 members (excludes halogenated alkanes) is 7. The molecular formula is C16H35N. The molecule has 0 aliphatic carbocycles. The van der Waals surface area contributed by atoms with Gasteiger partial charge < -0.3 is 4.90 Å². The standard InChI is InChI=1S/C16H35N/c1-5-7-8-9-10-11-12-13-15-17(14-6-2)16(3)4/h16H,5-15H2,1-4H3. The lowest BCUT2D eigenvalue weighted by Gasteiger charge is -2.25. The maximum atomic E-state index is 2.62. The molecule has 1 heteroatoms. The molecule has 0 aromatic heterocycles. The average molecular weight is 241 g/mol. The second-order valence-corrected chi connectivity index (χ2v) is 5.60. The molecule has 0 rings (SSSR count). The van der Waals surface area contributed by atoms with Gasteiger partial charge >= 0.3 is 0 Å². The monoisotopic (exact) mass is 241 g/mol. The molecule has 0 spiro atoms. The molecule has 17 heavy (non-hydrogen) atoms. The van der Waals surface area contributed by atoms with Gasteiger partial charge in [-0.3, -0.25) is 0 Å². The lowest BCUT2D eigenvalue weighted by Crippen LogP contribution is -2.32. The normalized spacial score (nSPS) is 11.6. The first kappa shape index (κ1) is 17.0. The Hall–Kier alpha value is -0.0400. The summed E-state index contributed by atoms with van der Waals surface area (Å²) < 4.78 is 0. The van der Waals surface area contributed by atoms with Crippen molar-refractivity contribution in [1.82, 2.24) is 4.90 Å². The van der Waals surface area contributed by atoms with Gasteiger partial charge in [0.05, 0.1) is 0 Å². The van der Waals surface area contributed by atoms with Gasteiger partial charge in [0.2, 0.25) is 0 Å². The number of rotatable bonds is 12. The van der Waals surface area contributed by atoms with E-state index in [9.17, 15) is 0 Å². The zero-order valence-electron chi connectivity index (χ0n) is 12.8. The topological polar surface area (TPSA) is 3.24 Å². The van der Waals surface area contributed by atoms with Crippen LogP contribution < -0.4 is 0 Å². The third-order valence-electron chi connectivity index (χ3n) is 3.54. The summed E-state index contributed by atoms with van der Waals surface area (Å²) in [5.41, 5.74) is 0. The largest absolute Gasteiger partial charge is 0.301 e. The molecule has 0 unspecified atom stereocenters. The van der Waals surface area contributed by atoms with Crippen LogP contribution in [0.3, 0.4) is 0 Å². The van der Waals surface area contributed by atoms with Crippen LogP contribution in [0, 0.1) is 0 Å². The van der Waals surface area contributed by atoms with Crippen molar-refractivity contribution < 1.29 is 0 Å². The van der Waals surface area contributed by atoms with Gasteiger partial charge in [0, 0.05) is 6.04 Å². The van der Waals surface area contributed by atoms with E-state index >= 15 is 0 Å². The number of nitrogens with zero attached hydrogens (tertiary/aromatic N) is 1. The van der Waals surface area contributed by atoms with Gasteiger partial charge in [0.25, 0.3) is 0 Å². The van der Waals surface area contributed by atoms with Gasteiger partial charge in [-0.1, -0.05) is 58.8 Å². The van der Waals surface area contributed by atoms with Crippen molar-refractivity contribution in [3.63, 3.8) is 0 Å². The third-order valence-corrected chi connectivity index (χ3v) is 3.54. The zero-order chi connectivity index (χ0) is 12.9. The summed E-state index contributed by atoms with van der Waals surface area (Å²) in [4.78, 5) is 2.62. The maximum absolute atomic E-state index is 2.62. The van der Waals surface area contributed by atoms with Crippen molar-refractivity contribution >= 4 is 0 Å². The first-order chi connectivity index (χ1) is 8.22. The molecule has 0 fully saturated rings. The van der Waals surface area contributed by atoms with E-state index in [4.69, 9.17) is 0 Å². The van der Waals surface area contributed by atoms with E-state index < -0.39 is 0 Å². The molecule has 1 nitrogen and oxygen atoms in total. The van der Waals surface area contributed by atoms with E-state index in [-0.39, 0.29) is 0 Å². The fraction of sp³-hybridized carbons (Fsp3) is 1.00. The Morgan fingerprint density at radius 3 is 1.65 bits per heavy atom. The molecule has 0 aromatic rings. The SMILES string of the molecule is CCCCCCCCCCN(CCC)C(C)C. The van der Waals surface area contributed by atoms with Crippen LogP contribution in [0.25, 0.3) is 0 Å². The predicted octanol–water partition coefficient (Wildman–Crippen LogP) is 5.25. The predicted molar refractivity (Wildman–Crippen MR) is 79.6 cm³/mol. The summed E-state index contributed by atoms with van der Waals surface area (Å²) in [6.07, 6.45) is 12.7. The summed E-state index contributed by atoms with van der Waals surface area (Å²) in [7, 11) is 0. The molecule has 0 radical (unpaired) electrons. The molecule has 0 saturated carbocycles.